The van der Waals surface area contributed by atoms with Gasteiger partial charge in [0.05, 0.1) is 12.5 Å². The second-order valence-corrected chi connectivity index (χ2v) is 5.37. The highest BCUT2D eigenvalue weighted by Gasteiger charge is 2.15. The Hall–Kier alpha value is -3.06. The zero-order valence-corrected chi connectivity index (χ0v) is 12.9. The van der Waals surface area contributed by atoms with Crippen LogP contribution in [-0.4, -0.2) is 14.8 Å². The fourth-order valence-corrected chi connectivity index (χ4v) is 2.29. The van der Waals surface area contributed by atoms with Gasteiger partial charge in [-0.3, -0.25) is 0 Å². The number of rotatable bonds is 4. The number of hydrogen-bond donors (Lipinski definition) is 0. The summed E-state index contributed by atoms with van der Waals surface area (Å²) in [5, 5.41) is 4.70. The van der Waals surface area contributed by atoms with Crippen LogP contribution in [0.15, 0.2) is 66.9 Å². The molecule has 24 heavy (non-hydrogen) atoms. The van der Waals surface area contributed by atoms with E-state index in [-0.39, 0.29) is 12.4 Å². The molecular formula is C16H10ClN3O4. The summed E-state index contributed by atoms with van der Waals surface area (Å²) in [6, 6.07) is 10.5. The molecule has 4 rings (SSSR count). The summed E-state index contributed by atoms with van der Waals surface area (Å²) >= 11 is 5.86. The van der Waals surface area contributed by atoms with Crippen molar-refractivity contribution in [2.24, 2.45) is 0 Å². The molecule has 0 amide bonds. The molecule has 0 unspecified atom stereocenters. The van der Waals surface area contributed by atoms with Gasteiger partial charge in [-0.25, -0.2) is 9.78 Å². The van der Waals surface area contributed by atoms with Gasteiger partial charge in [0, 0.05) is 10.6 Å². The molecule has 0 aliphatic heterocycles. The van der Waals surface area contributed by atoms with Crippen LogP contribution in [0.25, 0.3) is 23.0 Å². The Morgan fingerprint density at radius 3 is 2.67 bits per heavy atom. The van der Waals surface area contributed by atoms with E-state index >= 15 is 0 Å². The predicted molar refractivity (Wildman–Crippen MR) is 84.5 cm³/mol. The zero-order chi connectivity index (χ0) is 16.5. The van der Waals surface area contributed by atoms with E-state index in [0.717, 1.165) is 10.2 Å². The highest BCUT2D eigenvalue weighted by molar-refractivity contribution is 6.30. The molecule has 7 nitrogen and oxygen atoms in total. The largest absolute Gasteiger partial charge is 0.459 e. The molecule has 0 saturated heterocycles. The van der Waals surface area contributed by atoms with Crippen LogP contribution in [0.3, 0.4) is 0 Å². The SMILES string of the molecule is O=c1oc(-c2ccco2)nn1Cc1ncc(-c2ccc(Cl)cc2)o1. The molecule has 8 heteroatoms. The Morgan fingerprint density at radius 1 is 1.08 bits per heavy atom. The molecular weight excluding hydrogens is 334 g/mol. The first-order valence-electron chi connectivity index (χ1n) is 7.01. The minimum atomic E-state index is -0.618. The van der Waals surface area contributed by atoms with Gasteiger partial charge in [0.1, 0.15) is 6.54 Å². The minimum Gasteiger partial charge on any atom is -0.459 e. The van der Waals surface area contributed by atoms with E-state index < -0.39 is 5.76 Å². The fourth-order valence-electron chi connectivity index (χ4n) is 2.17. The molecule has 0 aliphatic carbocycles. The summed E-state index contributed by atoms with van der Waals surface area (Å²) < 4.78 is 17.0. The quantitative estimate of drug-likeness (QED) is 0.564. The molecule has 0 spiro atoms. The van der Waals surface area contributed by atoms with Crippen molar-refractivity contribution in [3.05, 3.63) is 70.3 Å². The number of halogens is 1. The number of nitrogens with zero attached hydrogens (tertiary/aromatic N) is 3. The van der Waals surface area contributed by atoms with E-state index in [4.69, 9.17) is 24.9 Å². The molecule has 1 aromatic carbocycles. The van der Waals surface area contributed by atoms with Crippen LogP contribution in [0.5, 0.6) is 0 Å². The Balaban J connectivity index is 1.58. The van der Waals surface area contributed by atoms with E-state index in [1.807, 2.05) is 12.1 Å². The van der Waals surface area contributed by atoms with Crippen molar-refractivity contribution in [2.75, 3.05) is 0 Å². The summed E-state index contributed by atoms with van der Waals surface area (Å²) in [7, 11) is 0. The third-order valence-electron chi connectivity index (χ3n) is 3.31. The van der Waals surface area contributed by atoms with Crippen LogP contribution in [0.2, 0.25) is 5.02 Å². The van der Waals surface area contributed by atoms with E-state index in [0.29, 0.717) is 22.4 Å². The second kappa shape index (κ2) is 5.86. The predicted octanol–water partition coefficient (Wildman–Crippen LogP) is 3.45. The van der Waals surface area contributed by atoms with Crippen LogP contribution in [0.4, 0.5) is 0 Å². The van der Waals surface area contributed by atoms with Crippen molar-refractivity contribution >= 4 is 11.6 Å². The highest BCUT2D eigenvalue weighted by Crippen LogP contribution is 2.22. The minimum absolute atomic E-state index is 0.0522. The maximum Gasteiger partial charge on any atom is 0.437 e. The topological polar surface area (TPSA) is 87.2 Å². The number of benzene rings is 1. The first kappa shape index (κ1) is 14.5. The Morgan fingerprint density at radius 2 is 1.92 bits per heavy atom. The van der Waals surface area contributed by atoms with Crippen molar-refractivity contribution in [1.82, 2.24) is 14.8 Å². The van der Waals surface area contributed by atoms with Crippen molar-refractivity contribution in [2.45, 2.75) is 6.54 Å². The van der Waals surface area contributed by atoms with Crippen molar-refractivity contribution in [1.29, 1.82) is 0 Å². The highest BCUT2D eigenvalue weighted by atomic mass is 35.5. The molecule has 3 aromatic heterocycles. The van der Waals surface area contributed by atoms with Crippen LogP contribution >= 0.6 is 11.6 Å². The van der Waals surface area contributed by atoms with Gasteiger partial charge in [0.2, 0.25) is 5.89 Å². The molecule has 120 valence electrons. The Labute approximate surface area is 140 Å². The maximum atomic E-state index is 11.9. The van der Waals surface area contributed by atoms with Gasteiger partial charge >= 0.3 is 5.76 Å². The van der Waals surface area contributed by atoms with Gasteiger partial charge in [-0.2, -0.15) is 4.68 Å². The summed E-state index contributed by atoms with van der Waals surface area (Å²) in [4.78, 5) is 16.0. The van der Waals surface area contributed by atoms with Gasteiger partial charge < -0.3 is 13.3 Å². The average Bonchev–Trinajstić information content (AvgIpc) is 3.31. The van der Waals surface area contributed by atoms with Crippen molar-refractivity contribution < 1.29 is 13.3 Å². The van der Waals surface area contributed by atoms with E-state index in [1.54, 1.807) is 30.5 Å². The first-order valence-corrected chi connectivity index (χ1v) is 7.39. The van der Waals surface area contributed by atoms with E-state index in [9.17, 15) is 4.79 Å². The summed E-state index contributed by atoms with van der Waals surface area (Å²) in [5.41, 5.74) is 0.835. The lowest BCUT2D eigenvalue weighted by atomic mass is 10.2. The Bertz CT molecular complexity index is 1010. The Kier molecular flexibility index (Phi) is 3.55. The van der Waals surface area contributed by atoms with Gasteiger partial charge in [0.25, 0.3) is 5.89 Å². The lowest BCUT2D eigenvalue weighted by Crippen LogP contribution is -2.16. The molecule has 4 aromatic rings. The van der Waals surface area contributed by atoms with Gasteiger partial charge in [0.15, 0.2) is 11.5 Å². The normalized spacial score (nSPS) is 11.0. The van der Waals surface area contributed by atoms with Crippen LogP contribution < -0.4 is 5.76 Å². The lowest BCUT2D eigenvalue weighted by molar-refractivity contribution is 0.442. The average molecular weight is 344 g/mol. The summed E-state index contributed by atoms with van der Waals surface area (Å²) in [5.74, 6) is 0.771. The number of aromatic nitrogens is 3. The van der Waals surface area contributed by atoms with Crippen LogP contribution in [0.1, 0.15) is 5.89 Å². The molecule has 0 aliphatic rings. The van der Waals surface area contributed by atoms with Crippen LogP contribution in [0, 0.1) is 0 Å². The van der Waals surface area contributed by atoms with Crippen molar-refractivity contribution in [3.63, 3.8) is 0 Å². The van der Waals surface area contributed by atoms with Crippen LogP contribution in [-0.2, 0) is 6.54 Å². The third kappa shape index (κ3) is 2.77. The standard InChI is InChI=1S/C16H10ClN3O4/c17-11-5-3-10(4-6-11)13-8-18-14(23-13)9-20-16(21)24-15(19-20)12-2-1-7-22-12/h1-8H,9H2. The molecule has 0 radical (unpaired) electrons. The maximum absolute atomic E-state index is 11.9. The number of oxazole rings is 1. The first-order chi connectivity index (χ1) is 11.7. The van der Waals surface area contributed by atoms with Gasteiger partial charge in [-0.1, -0.05) is 11.6 Å². The zero-order valence-electron chi connectivity index (χ0n) is 12.2. The van der Waals surface area contributed by atoms with E-state index in [1.165, 1.54) is 6.26 Å². The molecule has 0 atom stereocenters. The van der Waals surface area contributed by atoms with Gasteiger partial charge in [-0.05, 0) is 36.4 Å². The molecule has 3 heterocycles. The number of hydrogen-bond acceptors (Lipinski definition) is 6. The monoisotopic (exact) mass is 343 g/mol. The second-order valence-electron chi connectivity index (χ2n) is 4.93. The third-order valence-corrected chi connectivity index (χ3v) is 3.56. The van der Waals surface area contributed by atoms with Crippen molar-refractivity contribution in [3.8, 4) is 23.0 Å². The smallest absolute Gasteiger partial charge is 0.437 e. The molecule has 0 bridgehead atoms. The van der Waals surface area contributed by atoms with Gasteiger partial charge in [-0.15, -0.1) is 5.10 Å². The molecule has 0 N–H and O–H groups in total. The lowest BCUT2D eigenvalue weighted by Gasteiger charge is -1.96. The molecule has 0 fully saturated rings. The fraction of sp³-hybridized carbons (Fsp3) is 0.0625. The molecule has 0 saturated carbocycles. The number of furan rings is 1. The summed E-state index contributed by atoms with van der Waals surface area (Å²) in [6.07, 6.45) is 3.05. The summed E-state index contributed by atoms with van der Waals surface area (Å²) in [6.45, 7) is 0.0522. The van der Waals surface area contributed by atoms with E-state index in [2.05, 4.69) is 10.1 Å².